The molecule has 0 unspecified atom stereocenters. The molecule has 1 amide bonds. The Labute approximate surface area is 157 Å². The topological polar surface area (TPSA) is 90.8 Å². The van der Waals surface area contributed by atoms with E-state index in [1.54, 1.807) is 12.1 Å². The maximum atomic E-state index is 12.5. The number of aromatic amines is 1. The number of aromatic nitrogens is 2. The molecule has 136 valence electrons. The summed E-state index contributed by atoms with van der Waals surface area (Å²) in [7, 11) is 0. The maximum Gasteiger partial charge on any atom is 0.267 e. The van der Waals surface area contributed by atoms with Crippen LogP contribution < -0.4 is 10.1 Å². The summed E-state index contributed by atoms with van der Waals surface area (Å²) in [5.41, 5.74) is 2.08. The monoisotopic (exact) mass is 360 g/mol. The fraction of sp³-hybridized carbons (Fsp3) is 0.286. The third kappa shape index (κ3) is 3.93. The van der Waals surface area contributed by atoms with E-state index in [9.17, 15) is 4.79 Å². The molecule has 1 saturated carbocycles. The predicted molar refractivity (Wildman–Crippen MR) is 101 cm³/mol. The Bertz CT molecular complexity index is 946. The number of hydrogen-bond donors (Lipinski definition) is 2. The van der Waals surface area contributed by atoms with Crippen molar-refractivity contribution in [3.8, 4) is 11.9 Å². The lowest BCUT2D eigenvalue weighted by molar-refractivity contribution is 0.0886. The van der Waals surface area contributed by atoms with Crippen LogP contribution in [0.3, 0.4) is 0 Å². The summed E-state index contributed by atoms with van der Waals surface area (Å²) in [5, 5.41) is 13.0. The number of fused-ring (bicyclic) bond motifs is 1. The summed E-state index contributed by atoms with van der Waals surface area (Å²) in [6, 6.07) is 15.4. The molecule has 1 aliphatic rings. The Morgan fingerprint density at radius 1 is 1.19 bits per heavy atom. The van der Waals surface area contributed by atoms with E-state index in [2.05, 4.69) is 15.3 Å². The second kappa shape index (κ2) is 7.50. The standard InChI is InChI=1S/C21H20N4O2/c22-12-14-5-10-20(23-13-14)27-17-8-6-16(7-9-17)24-21(26)19-11-15-3-1-2-4-18(15)25-19/h1-5,10-11,13,16-17,25H,6-9H2,(H,24,26). The number of benzene rings is 1. The quantitative estimate of drug-likeness (QED) is 0.744. The number of H-pyrrole nitrogens is 1. The highest BCUT2D eigenvalue weighted by Gasteiger charge is 2.24. The molecule has 6 heteroatoms. The van der Waals surface area contributed by atoms with Crippen molar-refractivity contribution in [1.82, 2.24) is 15.3 Å². The van der Waals surface area contributed by atoms with Gasteiger partial charge in [-0.1, -0.05) is 18.2 Å². The first-order chi connectivity index (χ1) is 13.2. The zero-order valence-electron chi connectivity index (χ0n) is 14.8. The van der Waals surface area contributed by atoms with Crippen LogP contribution in [0.25, 0.3) is 10.9 Å². The molecule has 6 nitrogen and oxygen atoms in total. The molecule has 0 aliphatic heterocycles. The van der Waals surface area contributed by atoms with E-state index >= 15 is 0 Å². The summed E-state index contributed by atoms with van der Waals surface area (Å²) in [6.45, 7) is 0. The Kier molecular flexibility index (Phi) is 4.75. The Balaban J connectivity index is 1.29. The molecule has 2 heterocycles. The Morgan fingerprint density at radius 2 is 2.00 bits per heavy atom. The van der Waals surface area contributed by atoms with Crippen LogP contribution in [0.2, 0.25) is 0 Å². The smallest absolute Gasteiger partial charge is 0.267 e. The van der Waals surface area contributed by atoms with Crippen LogP contribution in [-0.4, -0.2) is 28.0 Å². The van der Waals surface area contributed by atoms with E-state index in [4.69, 9.17) is 10.00 Å². The number of hydrogen-bond acceptors (Lipinski definition) is 4. The lowest BCUT2D eigenvalue weighted by Gasteiger charge is -2.29. The largest absolute Gasteiger partial charge is 0.474 e. The van der Waals surface area contributed by atoms with Crippen LogP contribution in [-0.2, 0) is 0 Å². The summed E-state index contributed by atoms with van der Waals surface area (Å²) in [6.07, 6.45) is 5.06. The van der Waals surface area contributed by atoms with Gasteiger partial charge in [0.2, 0.25) is 5.88 Å². The van der Waals surface area contributed by atoms with Crippen LogP contribution >= 0.6 is 0 Å². The minimum Gasteiger partial charge on any atom is -0.474 e. The van der Waals surface area contributed by atoms with E-state index in [1.165, 1.54) is 6.20 Å². The maximum absolute atomic E-state index is 12.5. The number of rotatable bonds is 4. The third-order valence-corrected chi connectivity index (χ3v) is 4.94. The number of pyridine rings is 1. The molecule has 0 saturated heterocycles. The van der Waals surface area contributed by atoms with Crippen molar-refractivity contribution in [1.29, 1.82) is 5.26 Å². The van der Waals surface area contributed by atoms with Gasteiger partial charge in [0, 0.05) is 29.2 Å². The molecule has 0 atom stereocenters. The van der Waals surface area contributed by atoms with Gasteiger partial charge in [-0.05, 0) is 43.9 Å². The highest BCUT2D eigenvalue weighted by molar-refractivity contribution is 5.98. The van der Waals surface area contributed by atoms with Gasteiger partial charge in [-0.2, -0.15) is 5.26 Å². The lowest BCUT2D eigenvalue weighted by Crippen LogP contribution is -2.39. The van der Waals surface area contributed by atoms with E-state index in [-0.39, 0.29) is 18.1 Å². The molecule has 0 spiro atoms. The number of amides is 1. The summed E-state index contributed by atoms with van der Waals surface area (Å²) in [5.74, 6) is 0.476. The molecule has 4 rings (SSSR count). The van der Waals surface area contributed by atoms with Gasteiger partial charge in [-0.25, -0.2) is 4.98 Å². The van der Waals surface area contributed by atoms with Crippen molar-refractivity contribution >= 4 is 16.8 Å². The van der Waals surface area contributed by atoms with E-state index in [1.807, 2.05) is 36.4 Å². The second-order valence-corrected chi connectivity index (χ2v) is 6.83. The molecular weight excluding hydrogens is 340 g/mol. The number of nitrogens with zero attached hydrogens (tertiary/aromatic N) is 2. The van der Waals surface area contributed by atoms with Crippen LogP contribution in [0.4, 0.5) is 0 Å². The minimum atomic E-state index is -0.0654. The number of ether oxygens (including phenoxy) is 1. The first kappa shape index (κ1) is 17.1. The molecule has 1 fully saturated rings. The van der Waals surface area contributed by atoms with Gasteiger partial charge in [-0.15, -0.1) is 0 Å². The first-order valence-corrected chi connectivity index (χ1v) is 9.13. The van der Waals surface area contributed by atoms with Crippen molar-refractivity contribution in [3.05, 3.63) is 59.9 Å². The number of para-hydroxylation sites is 1. The van der Waals surface area contributed by atoms with Crippen LogP contribution in [0, 0.1) is 11.3 Å². The average molecular weight is 360 g/mol. The van der Waals surface area contributed by atoms with Crippen molar-refractivity contribution in [2.24, 2.45) is 0 Å². The van der Waals surface area contributed by atoms with E-state index < -0.39 is 0 Å². The van der Waals surface area contributed by atoms with Gasteiger partial charge in [0.05, 0.1) is 5.56 Å². The van der Waals surface area contributed by atoms with Crippen molar-refractivity contribution < 1.29 is 9.53 Å². The van der Waals surface area contributed by atoms with Gasteiger partial charge < -0.3 is 15.0 Å². The highest BCUT2D eigenvalue weighted by Crippen LogP contribution is 2.23. The van der Waals surface area contributed by atoms with Crippen LogP contribution in [0.15, 0.2) is 48.7 Å². The number of nitriles is 1. The summed E-state index contributed by atoms with van der Waals surface area (Å²) in [4.78, 5) is 19.8. The summed E-state index contributed by atoms with van der Waals surface area (Å²) < 4.78 is 5.89. The fourth-order valence-electron chi connectivity index (χ4n) is 3.47. The van der Waals surface area contributed by atoms with E-state index in [0.29, 0.717) is 17.1 Å². The zero-order chi connectivity index (χ0) is 18.6. The first-order valence-electron chi connectivity index (χ1n) is 9.13. The molecule has 0 radical (unpaired) electrons. The highest BCUT2D eigenvalue weighted by atomic mass is 16.5. The number of carbonyl (C=O) groups excluding carboxylic acids is 1. The zero-order valence-corrected chi connectivity index (χ0v) is 14.8. The lowest BCUT2D eigenvalue weighted by atomic mass is 9.93. The average Bonchev–Trinajstić information content (AvgIpc) is 3.14. The minimum absolute atomic E-state index is 0.0654. The van der Waals surface area contributed by atoms with Gasteiger partial charge in [0.1, 0.15) is 17.9 Å². The Hall–Kier alpha value is -3.33. The molecule has 1 aromatic carbocycles. The molecular formula is C21H20N4O2. The molecule has 2 N–H and O–H groups in total. The third-order valence-electron chi connectivity index (χ3n) is 4.94. The van der Waals surface area contributed by atoms with Gasteiger partial charge in [-0.3, -0.25) is 4.79 Å². The van der Waals surface area contributed by atoms with Gasteiger partial charge in [0.25, 0.3) is 5.91 Å². The van der Waals surface area contributed by atoms with Crippen molar-refractivity contribution in [2.45, 2.75) is 37.8 Å². The normalized spacial score (nSPS) is 19.4. The van der Waals surface area contributed by atoms with Gasteiger partial charge in [0.15, 0.2) is 0 Å². The molecule has 1 aliphatic carbocycles. The molecule has 2 aromatic heterocycles. The summed E-state index contributed by atoms with van der Waals surface area (Å²) >= 11 is 0. The number of nitrogens with one attached hydrogen (secondary N) is 2. The van der Waals surface area contributed by atoms with Crippen molar-refractivity contribution in [3.63, 3.8) is 0 Å². The van der Waals surface area contributed by atoms with Crippen LogP contribution in [0.1, 0.15) is 41.7 Å². The Morgan fingerprint density at radius 3 is 2.70 bits per heavy atom. The van der Waals surface area contributed by atoms with Crippen molar-refractivity contribution in [2.75, 3.05) is 0 Å². The second-order valence-electron chi connectivity index (χ2n) is 6.83. The SMILES string of the molecule is N#Cc1ccc(OC2CCC(NC(=O)c3cc4ccccc4[nH]3)CC2)nc1. The fourth-order valence-corrected chi connectivity index (χ4v) is 3.47. The van der Waals surface area contributed by atoms with E-state index in [0.717, 1.165) is 36.6 Å². The number of carbonyl (C=O) groups is 1. The molecule has 27 heavy (non-hydrogen) atoms. The van der Waals surface area contributed by atoms with Gasteiger partial charge >= 0.3 is 0 Å². The van der Waals surface area contributed by atoms with Crippen LogP contribution in [0.5, 0.6) is 5.88 Å². The molecule has 3 aromatic rings. The molecule has 0 bridgehead atoms. The predicted octanol–water partition coefficient (Wildman–Crippen LogP) is 3.55.